The molecule has 1 saturated heterocycles. The van der Waals surface area contributed by atoms with Crippen LogP contribution in [0.3, 0.4) is 0 Å². The SMILES string of the molecule is COc1cncc(N2CCN(Cc3nnc4n(C)c(=O)c5sccc5n34)CC2)n1. The second kappa shape index (κ2) is 7.08. The van der Waals surface area contributed by atoms with Gasteiger partial charge in [0.15, 0.2) is 11.6 Å². The molecule has 0 aromatic carbocycles. The van der Waals surface area contributed by atoms with Crippen molar-refractivity contribution in [2.45, 2.75) is 6.54 Å². The zero-order valence-electron chi connectivity index (χ0n) is 16.1. The standard InChI is InChI=1S/C18H20N8O2S/c1-23-17(27)16-12(3-8-29-16)26-14(21-22-18(23)26)11-24-4-6-25(7-5-24)13-9-19-10-15(20-13)28-2/h3,8-10H,4-7,11H2,1-2H3. The molecular weight excluding hydrogens is 392 g/mol. The third-order valence-electron chi connectivity index (χ3n) is 5.27. The highest BCUT2D eigenvalue weighted by Gasteiger charge is 2.22. The van der Waals surface area contributed by atoms with Crippen LogP contribution in [0.15, 0.2) is 28.6 Å². The van der Waals surface area contributed by atoms with Gasteiger partial charge in [-0.2, -0.15) is 4.98 Å². The summed E-state index contributed by atoms with van der Waals surface area (Å²) in [6, 6.07) is 1.96. The van der Waals surface area contributed by atoms with Crippen LogP contribution in [0.2, 0.25) is 0 Å². The van der Waals surface area contributed by atoms with E-state index in [1.165, 1.54) is 11.3 Å². The fraction of sp³-hybridized carbons (Fsp3) is 0.389. The Kier molecular flexibility index (Phi) is 4.40. The molecule has 10 nitrogen and oxygen atoms in total. The molecule has 29 heavy (non-hydrogen) atoms. The predicted molar refractivity (Wildman–Crippen MR) is 110 cm³/mol. The van der Waals surface area contributed by atoms with E-state index in [9.17, 15) is 4.79 Å². The Hall–Kier alpha value is -3.05. The van der Waals surface area contributed by atoms with Crippen LogP contribution < -0.4 is 15.2 Å². The molecule has 0 N–H and O–H groups in total. The van der Waals surface area contributed by atoms with Crippen LogP contribution in [0.25, 0.3) is 16.0 Å². The highest BCUT2D eigenvalue weighted by atomic mass is 32.1. The van der Waals surface area contributed by atoms with Gasteiger partial charge in [-0.3, -0.25) is 23.6 Å². The van der Waals surface area contributed by atoms with E-state index in [-0.39, 0.29) is 5.56 Å². The van der Waals surface area contributed by atoms with Crippen LogP contribution in [0.5, 0.6) is 5.88 Å². The molecule has 0 radical (unpaired) electrons. The van der Waals surface area contributed by atoms with Crippen molar-refractivity contribution in [3.63, 3.8) is 0 Å². The fourth-order valence-electron chi connectivity index (χ4n) is 3.68. The van der Waals surface area contributed by atoms with Gasteiger partial charge in [0.05, 0.1) is 31.6 Å². The summed E-state index contributed by atoms with van der Waals surface area (Å²) < 4.78 is 9.45. The van der Waals surface area contributed by atoms with Crippen LogP contribution in [-0.4, -0.2) is 67.3 Å². The molecule has 0 saturated carbocycles. The number of ether oxygens (including phenoxy) is 1. The zero-order chi connectivity index (χ0) is 20.0. The van der Waals surface area contributed by atoms with E-state index >= 15 is 0 Å². The lowest BCUT2D eigenvalue weighted by Crippen LogP contribution is -2.46. The summed E-state index contributed by atoms with van der Waals surface area (Å²) in [5.41, 5.74) is 0.841. The number of hydrogen-bond donors (Lipinski definition) is 0. The fourth-order valence-corrected chi connectivity index (χ4v) is 4.53. The minimum atomic E-state index is -0.0329. The lowest BCUT2D eigenvalue weighted by atomic mass is 10.3. The molecule has 1 aliphatic rings. The molecule has 150 valence electrons. The van der Waals surface area contributed by atoms with E-state index in [1.807, 2.05) is 15.8 Å². The topological polar surface area (TPSA) is 93.7 Å². The molecule has 5 rings (SSSR count). The van der Waals surface area contributed by atoms with Gasteiger partial charge in [0.2, 0.25) is 11.7 Å². The number of aromatic nitrogens is 6. The predicted octanol–water partition coefficient (Wildman–Crippen LogP) is 0.763. The van der Waals surface area contributed by atoms with Gasteiger partial charge < -0.3 is 9.64 Å². The van der Waals surface area contributed by atoms with E-state index in [2.05, 4.69) is 30.0 Å². The number of piperazine rings is 1. The summed E-state index contributed by atoms with van der Waals surface area (Å²) in [7, 11) is 3.33. The molecule has 0 spiro atoms. The van der Waals surface area contributed by atoms with Crippen LogP contribution >= 0.6 is 11.3 Å². The quantitative estimate of drug-likeness (QED) is 0.485. The Morgan fingerprint density at radius 2 is 2.00 bits per heavy atom. The number of thiophene rings is 1. The molecule has 1 fully saturated rings. The molecular formula is C18H20N8O2S. The molecule has 0 bridgehead atoms. The number of aryl methyl sites for hydroxylation is 1. The van der Waals surface area contributed by atoms with Crippen molar-refractivity contribution >= 4 is 33.1 Å². The molecule has 4 aromatic rings. The van der Waals surface area contributed by atoms with E-state index in [0.717, 1.165) is 48.0 Å². The molecule has 4 aromatic heterocycles. The summed E-state index contributed by atoms with van der Waals surface area (Å²) in [5, 5.41) is 10.6. The highest BCUT2D eigenvalue weighted by Crippen LogP contribution is 2.21. The van der Waals surface area contributed by atoms with E-state index in [0.29, 0.717) is 18.2 Å². The normalized spacial score (nSPS) is 15.4. The van der Waals surface area contributed by atoms with Crippen molar-refractivity contribution in [2.24, 2.45) is 7.05 Å². The zero-order valence-corrected chi connectivity index (χ0v) is 17.0. The number of rotatable bonds is 4. The average molecular weight is 412 g/mol. The van der Waals surface area contributed by atoms with Gasteiger partial charge in [0.1, 0.15) is 4.70 Å². The molecule has 0 amide bonds. The summed E-state index contributed by atoms with van der Waals surface area (Å²) >= 11 is 1.45. The number of anilines is 1. The van der Waals surface area contributed by atoms with Gasteiger partial charge in [-0.1, -0.05) is 0 Å². The first-order valence-electron chi connectivity index (χ1n) is 9.29. The second-order valence-electron chi connectivity index (χ2n) is 6.93. The van der Waals surface area contributed by atoms with Gasteiger partial charge in [-0.15, -0.1) is 21.5 Å². The first-order chi connectivity index (χ1) is 14.2. The van der Waals surface area contributed by atoms with Gasteiger partial charge in [0.25, 0.3) is 5.56 Å². The Labute approximate surface area is 170 Å². The number of nitrogens with zero attached hydrogens (tertiary/aromatic N) is 8. The minimum Gasteiger partial charge on any atom is -0.480 e. The Bertz CT molecular complexity index is 1240. The first kappa shape index (κ1) is 18.0. The van der Waals surface area contributed by atoms with Crippen LogP contribution in [0.1, 0.15) is 5.82 Å². The first-order valence-corrected chi connectivity index (χ1v) is 10.2. The average Bonchev–Trinajstić information content (AvgIpc) is 3.40. The Balaban J connectivity index is 1.37. The summed E-state index contributed by atoms with van der Waals surface area (Å²) in [6.45, 7) is 4.08. The lowest BCUT2D eigenvalue weighted by molar-refractivity contribution is 0.242. The summed E-state index contributed by atoms with van der Waals surface area (Å²) in [6.07, 6.45) is 3.37. The molecule has 0 unspecified atom stereocenters. The lowest BCUT2D eigenvalue weighted by Gasteiger charge is -2.34. The van der Waals surface area contributed by atoms with Crippen molar-refractivity contribution in [1.29, 1.82) is 0 Å². The molecule has 1 aliphatic heterocycles. The summed E-state index contributed by atoms with van der Waals surface area (Å²) in [5.74, 6) is 2.76. The maximum absolute atomic E-state index is 12.5. The van der Waals surface area contributed by atoms with Crippen molar-refractivity contribution in [1.82, 2.24) is 34.0 Å². The van der Waals surface area contributed by atoms with Gasteiger partial charge in [-0.05, 0) is 11.4 Å². The molecule has 0 aliphatic carbocycles. The maximum atomic E-state index is 12.5. The molecule has 5 heterocycles. The van der Waals surface area contributed by atoms with E-state index in [1.54, 1.807) is 31.1 Å². The summed E-state index contributed by atoms with van der Waals surface area (Å²) in [4.78, 5) is 25.7. The van der Waals surface area contributed by atoms with Crippen LogP contribution in [0.4, 0.5) is 5.82 Å². The minimum absolute atomic E-state index is 0.0329. The van der Waals surface area contributed by atoms with Crippen molar-refractivity contribution in [3.8, 4) is 5.88 Å². The largest absolute Gasteiger partial charge is 0.480 e. The maximum Gasteiger partial charge on any atom is 0.272 e. The van der Waals surface area contributed by atoms with Crippen LogP contribution in [0, 0.1) is 0 Å². The van der Waals surface area contributed by atoms with Crippen molar-refractivity contribution in [2.75, 3.05) is 38.2 Å². The smallest absolute Gasteiger partial charge is 0.272 e. The van der Waals surface area contributed by atoms with Gasteiger partial charge in [0, 0.05) is 33.2 Å². The Morgan fingerprint density at radius 3 is 2.79 bits per heavy atom. The van der Waals surface area contributed by atoms with E-state index < -0.39 is 0 Å². The molecule has 0 atom stereocenters. The van der Waals surface area contributed by atoms with Gasteiger partial charge >= 0.3 is 0 Å². The monoisotopic (exact) mass is 412 g/mol. The van der Waals surface area contributed by atoms with Crippen LogP contribution in [-0.2, 0) is 13.6 Å². The third-order valence-corrected chi connectivity index (χ3v) is 6.16. The van der Waals surface area contributed by atoms with Crippen molar-refractivity contribution in [3.05, 3.63) is 40.0 Å². The Morgan fingerprint density at radius 1 is 1.17 bits per heavy atom. The van der Waals surface area contributed by atoms with E-state index in [4.69, 9.17) is 4.74 Å². The second-order valence-corrected chi connectivity index (χ2v) is 7.85. The molecule has 11 heteroatoms. The van der Waals surface area contributed by atoms with Gasteiger partial charge in [-0.25, -0.2) is 0 Å². The number of methoxy groups -OCH3 is 1. The highest BCUT2D eigenvalue weighted by molar-refractivity contribution is 7.17. The number of hydrogen-bond acceptors (Lipinski definition) is 9. The van der Waals surface area contributed by atoms with Crippen molar-refractivity contribution < 1.29 is 4.74 Å². The third kappa shape index (κ3) is 3.02. The number of fused-ring (bicyclic) bond motifs is 3.